The first-order chi connectivity index (χ1) is 14.8. The van der Waals surface area contributed by atoms with Crippen LogP contribution in [0, 0.1) is 12.7 Å². The second-order valence-corrected chi connectivity index (χ2v) is 7.43. The van der Waals surface area contributed by atoms with Crippen LogP contribution >= 0.6 is 0 Å². The van der Waals surface area contributed by atoms with Crippen molar-refractivity contribution in [3.63, 3.8) is 0 Å². The number of amides is 1. The number of hydrogen-bond donors (Lipinski definition) is 2. The Morgan fingerprint density at radius 2 is 2.03 bits per heavy atom. The molecule has 0 bridgehead atoms. The zero-order valence-corrected chi connectivity index (χ0v) is 17.6. The molecular formula is C21H22FN7O2. The lowest BCUT2D eigenvalue weighted by atomic mass is 9.90. The first-order valence-corrected chi connectivity index (χ1v) is 9.60. The third-order valence-corrected chi connectivity index (χ3v) is 5.12. The Labute approximate surface area is 178 Å². The molecule has 1 unspecified atom stereocenters. The van der Waals surface area contributed by atoms with Gasteiger partial charge in [0.2, 0.25) is 5.95 Å². The number of nitrogen functional groups attached to an aromatic ring is 1. The maximum atomic E-state index is 14.2. The van der Waals surface area contributed by atoms with Crippen molar-refractivity contribution in [1.29, 1.82) is 0 Å². The lowest BCUT2D eigenvalue weighted by Gasteiger charge is -2.27. The number of aromatic nitrogens is 4. The standard InChI is InChI=1S/C21H22FN7O2/c1-10-17-15(28-21(23)25-10)8-14(26-19(17)30)12-6-5-11(22)7-13(12)16-9-24-18(29(2)3)20(27-16)31-4/h5-7,9,14H,8H2,1-4H3,(H,26,30)(H2,23,25,28). The smallest absolute Gasteiger partial charge is 0.257 e. The van der Waals surface area contributed by atoms with E-state index in [1.54, 1.807) is 24.1 Å². The van der Waals surface area contributed by atoms with E-state index in [1.165, 1.54) is 19.2 Å². The van der Waals surface area contributed by atoms with Crippen molar-refractivity contribution in [2.75, 3.05) is 31.8 Å². The molecule has 10 heteroatoms. The van der Waals surface area contributed by atoms with E-state index in [0.717, 1.165) is 0 Å². The fourth-order valence-corrected chi connectivity index (χ4v) is 3.75. The Morgan fingerprint density at radius 1 is 1.26 bits per heavy atom. The average Bonchev–Trinajstić information content (AvgIpc) is 2.72. The van der Waals surface area contributed by atoms with Crippen LogP contribution in [0.25, 0.3) is 11.3 Å². The van der Waals surface area contributed by atoms with Gasteiger partial charge in [0, 0.05) is 26.1 Å². The van der Waals surface area contributed by atoms with E-state index < -0.39 is 11.9 Å². The number of benzene rings is 1. The zero-order chi connectivity index (χ0) is 22.3. The molecule has 0 aliphatic carbocycles. The topological polar surface area (TPSA) is 119 Å². The zero-order valence-electron chi connectivity index (χ0n) is 17.6. The van der Waals surface area contributed by atoms with Crippen molar-refractivity contribution in [3.05, 3.63) is 52.7 Å². The second kappa shape index (κ2) is 7.78. The largest absolute Gasteiger partial charge is 0.478 e. The molecule has 1 aliphatic heterocycles. The molecule has 4 rings (SSSR count). The van der Waals surface area contributed by atoms with Gasteiger partial charge in [0.15, 0.2) is 5.82 Å². The number of aryl methyl sites for hydroxylation is 1. The van der Waals surface area contributed by atoms with Crippen LogP contribution in [0.2, 0.25) is 0 Å². The van der Waals surface area contributed by atoms with E-state index in [1.807, 2.05) is 14.1 Å². The van der Waals surface area contributed by atoms with Crippen LogP contribution in [0.4, 0.5) is 16.2 Å². The number of ether oxygens (including phenoxy) is 1. The number of carbonyl (C=O) groups excluding carboxylic acids is 1. The Hall–Kier alpha value is -3.82. The number of hydrogen-bond acceptors (Lipinski definition) is 8. The minimum absolute atomic E-state index is 0.110. The summed E-state index contributed by atoms with van der Waals surface area (Å²) >= 11 is 0. The molecule has 2 aromatic heterocycles. The molecule has 9 nitrogen and oxygen atoms in total. The number of carbonyl (C=O) groups is 1. The number of rotatable bonds is 4. The highest BCUT2D eigenvalue weighted by Crippen LogP contribution is 2.34. The van der Waals surface area contributed by atoms with E-state index in [4.69, 9.17) is 10.5 Å². The monoisotopic (exact) mass is 423 g/mol. The van der Waals surface area contributed by atoms with E-state index in [9.17, 15) is 9.18 Å². The summed E-state index contributed by atoms with van der Waals surface area (Å²) < 4.78 is 19.6. The molecule has 31 heavy (non-hydrogen) atoms. The molecule has 1 aromatic carbocycles. The summed E-state index contributed by atoms with van der Waals surface area (Å²) in [6, 6.07) is 3.89. The molecule has 0 saturated carbocycles. The van der Waals surface area contributed by atoms with Gasteiger partial charge in [-0.1, -0.05) is 6.07 Å². The molecule has 1 amide bonds. The van der Waals surface area contributed by atoms with Crippen molar-refractivity contribution < 1.29 is 13.9 Å². The molecule has 1 atom stereocenters. The molecule has 0 radical (unpaired) electrons. The van der Waals surface area contributed by atoms with Gasteiger partial charge in [-0.15, -0.1) is 0 Å². The fourth-order valence-electron chi connectivity index (χ4n) is 3.75. The van der Waals surface area contributed by atoms with E-state index in [0.29, 0.717) is 51.9 Å². The van der Waals surface area contributed by atoms with Crippen LogP contribution in [0.15, 0.2) is 24.4 Å². The van der Waals surface area contributed by atoms with Gasteiger partial charge in [-0.05, 0) is 24.6 Å². The summed E-state index contributed by atoms with van der Waals surface area (Å²) in [6.45, 7) is 1.72. The molecule has 3 N–H and O–H groups in total. The number of halogens is 1. The summed E-state index contributed by atoms with van der Waals surface area (Å²) in [5, 5.41) is 2.97. The molecule has 0 fully saturated rings. The van der Waals surface area contributed by atoms with Gasteiger partial charge in [-0.3, -0.25) is 4.79 Å². The van der Waals surface area contributed by atoms with Crippen molar-refractivity contribution in [1.82, 2.24) is 25.3 Å². The number of nitrogens with one attached hydrogen (secondary N) is 1. The third kappa shape index (κ3) is 3.72. The predicted octanol–water partition coefficient (Wildman–Crippen LogP) is 2.07. The highest BCUT2D eigenvalue weighted by atomic mass is 19.1. The van der Waals surface area contributed by atoms with E-state index in [2.05, 4.69) is 25.3 Å². The lowest BCUT2D eigenvalue weighted by Crippen LogP contribution is -2.37. The number of anilines is 2. The van der Waals surface area contributed by atoms with Crippen molar-refractivity contribution in [2.45, 2.75) is 19.4 Å². The van der Waals surface area contributed by atoms with Gasteiger partial charge >= 0.3 is 0 Å². The number of nitrogens with two attached hydrogens (primary N) is 1. The van der Waals surface area contributed by atoms with Crippen molar-refractivity contribution in [3.8, 4) is 17.1 Å². The molecule has 0 spiro atoms. The Morgan fingerprint density at radius 3 is 2.74 bits per heavy atom. The SMILES string of the molecule is COc1nc(-c2cc(F)ccc2C2Cc3nc(N)nc(C)c3C(=O)N2)cnc1N(C)C. The highest BCUT2D eigenvalue weighted by Gasteiger charge is 2.31. The minimum Gasteiger partial charge on any atom is -0.478 e. The van der Waals surface area contributed by atoms with Crippen LogP contribution in [-0.2, 0) is 6.42 Å². The summed E-state index contributed by atoms with van der Waals surface area (Å²) in [4.78, 5) is 31.8. The summed E-state index contributed by atoms with van der Waals surface area (Å²) in [7, 11) is 5.15. The van der Waals surface area contributed by atoms with Crippen LogP contribution < -0.4 is 20.7 Å². The minimum atomic E-state index is -0.453. The fraction of sp³-hybridized carbons (Fsp3) is 0.286. The summed E-state index contributed by atoms with van der Waals surface area (Å²) in [6.07, 6.45) is 1.94. The quantitative estimate of drug-likeness (QED) is 0.655. The van der Waals surface area contributed by atoms with E-state index >= 15 is 0 Å². The van der Waals surface area contributed by atoms with Gasteiger partial charge in [0.25, 0.3) is 11.8 Å². The maximum Gasteiger partial charge on any atom is 0.257 e. The molecule has 160 valence electrons. The number of methoxy groups -OCH3 is 1. The van der Waals surface area contributed by atoms with Crippen LogP contribution in [0.5, 0.6) is 5.88 Å². The van der Waals surface area contributed by atoms with Crippen LogP contribution in [-0.4, -0.2) is 47.0 Å². The predicted molar refractivity (Wildman–Crippen MR) is 113 cm³/mol. The summed E-state index contributed by atoms with van der Waals surface area (Å²) in [5.74, 6) is 0.240. The average molecular weight is 423 g/mol. The Kier molecular flexibility index (Phi) is 5.14. The Bertz CT molecular complexity index is 1180. The third-order valence-electron chi connectivity index (χ3n) is 5.12. The van der Waals surface area contributed by atoms with Gasteiger partial charge in [0.1, 0.15) is 5.82 Å². The molecule has 1 aliphatic rings. The Balaban J connectivity index is 1.81. The summed E-state index contributed by atoms with van der Waals surface area (Å²) in [5.41, 5.74) is 8.90. The highest BCUT2D eigenvalue weighted by molar-refractivity contribution is 5.98. The lowest BCUT2D eigenvalue weighted by molar-refractivity contribution is 0.0922. The number of fused-ring (bicyclic) bond motifs is 1. The normalized spacial score (nSPS) is 15.3. The first kappa shape index (κ1) is 20.5. The first-order valence-electron chi connectivity index (χ1n) is 9.60. The van der Waals surface area contributed by atoms with Gasteiger partial charge in [-0.2, -0.15) is 0 Å². The van der Waals surface area contributed by atoms with Gasteiger partial charge in [-0.25, -0.2) is 24.3 Å². The molecular weight excluding hydrogens is 401 g/mol. The van der Waals surface area contributed by atoms with E-state index in [-0.39, 0.29) is 11.9 Å². The van der Waals surface area contributed by atoms with Crippen molar-refractivity contribution in [2.24, 2.45) is 0 Å². The molecule has 0 saturated heterocycles. The van der Waals surface area contributed by atoms with Crippen LogP contribution in [0.1, 0.15) is 33.4 Å². The van der Waals surface area contributed by atoms with Crippen LogP contribution in [0.3, 0.4) is 0 Å². The maximum absolute atomic E-state index is 14.2. The molecule has 3 aromatic rings. The van der Waals surface area contributed by atoms with Crippen molar-refractivity contribution >= 4 is 17.7 Å². The van der Waals surface area contributed by atoms with Gasteiger partial charge in [0.05, 0.1) is 42.0 Å². The second-order valence-electron chi connectivity index (χ2n) is 7.43. The molecule has 3 heterocycles. The number of nitrogens with zero attached hydrogens (tertiary/aromatic N) is 5. The van der Waals surface area contributed by atoms with Gasteiger partial charge < -0.3 is 20.7 Å².